The molecule has 0 aliphatic carbocycles. The Balaban J connectivity index is 1.29. The van der Waals surface area contributed by atoms with Crippen molar-refractivity contribution in [3.63, 3.8) is 0 Å². The van der Waals surface area contributed by atoms with Crippen molar-refractivity contribution in [1.82, 2.24) is 30.3 Å². The summed E-state index contributed by atoms with van der Waals surface area (Å²) in [5.74, 6) is 1.16. The molecule has 0 spiro atoms. The van der Waals surface area contributed by atoms with Gasteiger partial charge in [0.25, 0.3) is 5.91 Å². The number of nitrogens with zero attached hydrogens (tertiary/aromatic N) is 5. The molecule has 0 fully saturated rings. The Kier molecular flexibility index (Phi) is 4.91. The minimum atomic E-state index is -0.281. The average Bonchev–Trinajstić information content (AvgIpc) is 3.17. The van der Waals surface area contributed by atoms with Crippen molar-refractivity contribution >= 4 is 5.91 Å². The molecule has 0 radical (unpaired) electrons. The van der Waals surface area contributed by atoms with Gasteiger partial charge in [0.2, 0.25) is 0 Å². The molecule has 138 valence electrons. The van der Waals surface area contributed by atoms with Gasteiger partial charge in [-0.2, -0.15) is 0 Å². The van der Waals surface area contributed by atoms with Crippen molar-refractivity contribution in [2.24, 2.45) is 0 Å². The summed E-state index contributed by atoms with van der Waals surface area (Å²) >= 11 is 0. The van der Waals surface area contributed by atoms with Gasteiger partial charge in [-0.1, -0.05) is 17.3 Å². The van der Waals surface area contributed by atoms with Gasteiger partial charge in [0.15, 0.2) is 23.3 Å². The van der Waals surface area contributed by atoms with Gasteiger partial charge in [0.05, 0.1) is 18.4 Å². The molecule has 9 heteroatoms. The van der Waals surface area contributed by atoms with Gasteiger partial charge in [0.1, 0.15) is 6.61 Å². The summed E-state index contributed by atoms with van der Waals surface area (Å²) in [5.41, 5.74) is 1.07. The van der Waals surface area contributed by atoms with E-state index in [0.717, 1.165) is 11.4 Å². The van der Waals surface area contributed by atoms with E-state index < -0.39 is 0 Å². The summed E-state index contributed by atoms with van der Waals surface area (Å²) in [6.45, 7) is 1.30. The minimum Gasteiger partial charge on any atom is -0.486 e. The topological polar surface area (TPSA) is 104 Å². The lowest BCUT2D eigenvalue weighted by Crippen LogP contribution is -2.33. The summed E-state index contributed by atoms with van der Waals surface area (Å²) in [5, 5.41) is 10.7. The molecule has 1 amide bonds. The van der Waals surface area contributed by atoms with Crippen LogP contribution in [0.4, 0.5) is 0 Å². The van der Waals surface area contributed by atoms with Crippen LogP contribution in [0.15, 0.2) is 49.1 Å². The maximum absolute atomic E-state index is 12.2. The SMILES string of the molecule is O=C(NCCc1cnccn1)c1cn(C[C@H]2COc3ccccc3O2)nn1. The highest BCUT2D eigenvalue weighted by atomic mass is 16.6. The second-order valence-corrected chi connectivity index (χ2v) is 6.03. The van der Waals surface area contributed by atoms with Crippen LogP contribution in [0.1, 0.15) is 16.2 Å². The van der Waals surface area contributed by atoms with Crippen LogP contribution in [0.2, 0.25) is 0 Å². The standard InChI is InChI=1S/C18H18N6O3/c25-18(21-6-5-13-9-19-7-8-20-13)15-11-24(23-22-15)10-14-12-26-16-3-1-2-4-17(16)27-14/h1-4,7-9,11,14H,5-6,10,12H2,(H,21,25)/t14-/m0/s1. The number of amides is 1. The molecule has 1 N–H and O–H groups in total. The second-order valence-electron chi connectivity index (χ2n) is 6.03. The number of aromatic nitrogens is 5. The number of hydrogen-bond donors (Lipinski definition) is 1. The van der Waals surface area contributed by atoms with Crippen LogP contribution in [0.3, 0.4) is 0 Å². The number of carbonyl (C=O) groups is 1. The van der Waals surface area contributed by atoms with E-state index in [2.05, 4.69) is 25.6 Å². The largest absolute Gasteiger partial charge is 0.486 e. The average molecular weight is 366 g/mol. The first kappa shape index (κ1) is 17.0. The smallest absolute Gasteiger partial charge is 0.273 e. The fraction of sp³-hybridized carbons (Fsp3) is 0.278. The second kappa shape index (κ2) is 7.81. The van der Waals surface area contributed by atoms with Crippen LogP contribution >= 0.6 is 0 Å². The van der Waals surface area contributed by atoms with Crippen molar-refractivity contribution in [2.45, 2.75) is 19.1 Å². The third-order valence-corrected chi connectivity index (χ3v) is 4.01. The highest BCUT2D eigenvalue weighted by Gasteiger charge is 2.22. The van der Waals surface area contributed by atoms with Crippen LogP contribution in [0.25, 0.3) is 0 Å². The first-order chi connectivity index (χ1) is 13.3. The van der Waals surface area contributed by atoms with Crippen LogP contribution < -0.4 is 14.8 Å². The van der Waals surface area contributed by atoms with E-state index in [0.29, 0.717) is 31.9 Å². The van der Waals surface area contributed by atoms with Crippen molar-refractivity contribution in [3.05, 3.63) is 60.4 Å². The van der Waals surface area contributed by atoms with Gasteiger partial charge in [-0.05, 0) is 12.1 Å². The van der Waals surface area contributed by atoms with Gasteiger partial charge in [-0.3, -0.25) is 14.8 Å². The molecule has 0 unspecified atom stereocenters. The summed E-state index contributed by atoms with van der Waals surface area (Å²) in [6, 6.07) is 7.52. The molecule has 4 rings (SSSR count). The molecule has 1 aliphatic heterocycles. The third kappa shape index (κ3) is 4.20. The maximum Gasteiger partial charge on any atom is 0.273 e. The van der Waals surface area contributed by atoms with E-state index in [9.17, 15) is 4.79 Å². The molecule has 1 atom stereocenters. The zero-order chi connectivity index (χ0) is 18.5. The minimum absolute atomic E-state index is 0.200. The Bertz CT molecular complexity index is 914. The molecule has 1 aromatic carbocycles. The number of fused-ring (bicyclic) bond motifs is 1. The molecule has 0 saturated carbocycles. The molecule has 3 heterocycles. The van der Waals surface area contributed by atoms with Gasteiger partial charge in [0, 0.05) is 31.6 Å². The first-order valence-electron chi connectivity index (χ1n) is 8.59. The molecule has 27 heavy (non-hydrogen) atoms. The lowest BCUT2D eigenvalue weighted by molar-refractivity contribution is 0.0754. The number of nitrogens with one attached hydrogen (secondary N) is 1. The molecule has 3 aromatic rings. The molecular formula is C18H18N6O3. The Morgan fingerprint density at radius 1 is 1.26 bits per heavy atom. The van der Waals surface area contributed by atoms with Gasteiger partial charge >= 0.3 is 0 Å². The lowest BCUT2D eigenvalue weighted by Gasteiger charge is -2.26. The van der Waals surface area contributed by atoms with Crippen LogP contribution in [-0.4, -0.2) is 50.1 Å². The maximum atomic E-state index is 12.2. The summed E-state index contributed by atoms with van der Waals surface area (Å²) in [4.78, 5) is 20.3. The molecule has 2 aromatic heterocycles. The number of ether oxygens (including phenoxy) is 2. The molecule has 9 nitrogen and oxygen atoms in total. The molecule has 0 saturated heterocycles. The number of hydrogen-bond acceptors (Lipinski definition) is 7. The number of benzene rings is 1. The third-order valence-electron chi connectivity index (χ3n) is 4.01. The van der Waals surface area contributed by atoms with E-state index in [1.807, 2.05) is 24.3 Å². The first-order valence-corrected chi connectivity index (χ1v) is 8.59. The molecular weight excluding hydrogens is 348 g/mol. The van der Waals surface area contributed by atoms with Crippen LogP contribution in [0, 0.1) is 0 Å². The number of para-hydroxylation sites is 2. The van der Waals surface area contributed by atoms with Crippen molar-refractivity contribution in [1.29, 1.82) is 0 Å². The van der Waals surface area contributed by atoms with E-state index >= 15 is 0 Å². The van der Waals surface area contributed by atoms with Crippen molar-refractivity contribution in [2.75, 3.05) is 13.2 Å². The van der Waals surface area contributed by atoms with E-state index in [1.54, 1.807) is 29.5 Å². The highest BCUT2D eigenvalue weighted by molar-refractivity contribution is 5.91. The van der Waals surface area contributed by atoms with Gasteiger partial charge in [-0.15, -0.1) is 5.10 Å². The monoisotopic (exact) mass is 366 g/mol. The summed E-state index contributed by atoms with van der Waals surface area (Å²) in [6.07, 6.45) is 6.90. The normalized spacial score (nSPS) is 15.3. The molecule has 0 bridgehead atoms. The van der Waals surface area contributed by atoms with Gasteiger partial charge < -0.3 is 14.8 Å². The number of carbonyl (C=O) groups excluding carboxylic acids is 1. The zero-order valence-electron chi connectivity index (χ0n) is 14.5. The van der Waals surface area contributed by atoms with E-state index in [-0.39, 0.29) is 17.7 Å². The Morgan fingerprint density at radius 3 is 3.00 bits per heavy atom. The summed E-state index contributed by atoms with van der Waals surface area (Å²) < 4.78 is 13.2. The Labute approximate surface area is 155 Å². The predicted octanol–water partition coefficient (Wildman–Crippen LogP) is 0.881. The van der Waals surface area contributed by atoms with Crippen molar-refractivity contribution < 1.29 is 14.3 Å². The van der Waals surface area contributed by atoms with Crippen LogP contribution in [-0.2, 0) is 13.0 Å². The number of rotatable bonds is 6. The fourth-order valence-electron chi connectivity index (χ4n) is 2.71. The Hall–Kier alpha value is -3.49. The molecule has 1 aliphatic rings. The van der Waals surface area contributed by atoms with E-state index in [4.69, 9.17) is 9.47 Å². The van der Waals surface area contributed by atoms with E-state index in [1.165, 1.54) is 0 Å². The summed E-state index contributed by atoms with van der Waals surface area (Å²) in [7, 11) is 0. The highest BCUT2D eigenvalue weighted by Crippen LogP contribution is 2.31. The Morgan fingerprint density at radius 2 is 2.15 bits per heavy atom. The zero-order valence-corrected chi connectivity index (χ0v) is 14.5. The van der Waals surface area contributed by atoms with Gasteiger partial charge in [-0.25, -0.2) is 4.68 Å². The lowest BCUT2D eigenvalue weighted by atomic mass is 10.2. The van der Waals surface area contributed by atoms with Crippen LogP contribution in [0.5, 0.6) is 11.5 Å². The predicted molar refractivity (Wildman–Crippen MR) is 94.4 cm³/mol. The fourth-order valence-corrected chi connectivity index (χ4v) is 2.71. The van der Waals surface area contributed by atoms with Crippen molar-refractivity contribution in [3.8, 4) is 11.5 Å². The quantitative estimate of drug-likeness (QED) is 0.690.